The minimum Gasteiger partial charge on any atom is -0.460 e. The molecule has 0 aliphatic carbocycles. The van der Waals surface area contributed by atoms with Crippen molar-refractivity contribution in [3.8, 4) is 0 Å². The molecule has 26 heavy (non-hydrogen) atoms. The molecule has 0 saturated heterocycles. The second kappa shape index (κ2) is 7.90. The van der Waals surface area contributed by atoms with Crippen LogP contribution in [0, 0.1) is 0 Å². The number of benzene rings is 1. The van der Waals surface area contributed by atoms with E-state index < -0.39 is 23.9 Å². The van der Waals surface area contributed by atoms with E-state index in [1.165, 1.54) is 24.3 Å². The molecule has 0 unspecified atom stereocenters. The number of ether oxygens (including phenoxy) is 2. The van der Waals surface area contributed by atoms with Gasteiger partial charge in [-0.15, -0.1) is 0 Å². The number of aryl methyl sites for hydroxylation is 2. The maximum absolute atomic E-state index is 13.8. The lowest BCUT2D eigenvalue weighted by atomic mass is 9.92. The molecule has 0 saturated carbocycles. The molecule has 2 rings (SSSR count). The van der Waals surface area contributed by atoms with Crippen molar-refractivity contribution in [1.82, 2.24) is 4.57 Å². The third kappa shape index (κ3) is 4.07. The zero-order valence-corrected chi connectivity index (χ0v) is 14.9. The van der Waals surface area contributed by atoms with Crippen LogP contribution in [-0.2, 0) is 33.5 Å². The predicted molar refractivity (Wildman–Crippen MR) is 87.0 cm³/mol. The Bertz CT molecular complexity index is 731. The lowest BCUT2D eigenvalue weighted by molar-refractivity contribution is -0.671. The third-order valence-electron chi connectivity index (χ3n) is 4.10. The van der Waals surface area contributed by atoms with Gasteiger partial charge in [-0.25, -0.2) is 13.9 Å². The summed E-state index contributed by atoms with van der Waals surface area (Å²) in [5, 5.41) is 0. The Hall–Kier alpha value is -2.35. The van der Waals surface area contributed by atoms with Crippen LogP contribution < -0.4 is 4.57 Å². The average molecular weight is 371 g/mol. The Morgan fingerprint density at radius 3 is 2.42 bits per heavy atom. The molecule has 0 bridgehead atoms. The molecule has 0 spiro atoms. The maximum Gasteiger partial charge on any atom is 0.432 e. The Balaban J connectivity index is 2.16. The van der Waals surface area contributed by atoms with Gasteiger partial charge in [-0.2, -0.15) is 13.2 Å². The molecule has 0 N–H and O–H groups in total. The molecule has 0 fully saturated rings. The highest BCUT2D eigenvalue weighted by molar-refractivity contribution is 5.82. The van der Waals surface area contributed by atoms with Gasteiger partial charge in [-0.05, 0) is 6.92 Å². The minimum atomic E-state index is -4.96. The van der Waals surface area contributed by atoms with Crippen LogP contribution in [-0.4, -0.2) is 29.9 Å². The summed E-state index contributed by atoms with van der Waals surface area (Å²) in [6.45, 7) is 2.07. The number of nitrogens with zero attached hydrogens (tertiary/aromatic N) is 2. The highest BCUT2D eigenvalue weighted by Crippen LogP contribution is 2.43. The SMILES string of the molecule is CO[C@](C(=O)O[C@@H](C)CCn1cc[n+](C)c1)(c1ccccc1)C(F)(F)F. The summed E-state index contributed by atoms with van der Waals surface area (Å²) in [4.78, 5) is 12.5. The summed E-state index contributed by atoms with van der Waals surface area (Å²) >= 11 is 0. The molecule has 5 nitrogen and oxygen atoms in total. The largest absolute Gasteiger partial charge is 0.460 e. The maximum atomic E-state index is 13.8. The zero-order chi connectivity index (χ0) is 19.4. The fourth-order valence-electron chi connectivity index (χ4n) is 2.68. The van der Waals surface area contributed by atoms with Gasteiger partial charge in [0.25, 0.3) is 5.60 Å². The minimum absolute atomic E-state index is 0.315. The van der Waals surface area contributed by atoms with Gasteiger partial charge in [-0.3, -0.25) is 0 Å². The van der Waals surface area contributed by atoms with Crippen LogP contribution in [0.25, 0.3) is 0 Å². The monoisotopic (exact) mass is 371 g/mol. The van der Waals surface area contributed by atoms with E-state index in [4.69, 9.17) is 9.47 Å². The van der Waals surface area contributed by atoms with Gasteiger partial charge in [-0.1, -0.05) is 30.3 Å². The van der Waals surface area contributed by atoms with E-state index in [0.29, 0.717) is 13.0 Å². The molecule has 1 aromatic carbocycles. The third-order valence-corrected chi connectivity index (χ3v) is 4.10. The normalized spacial score (nSPS) is 15.3. The number of methoxy groups -OCH3 is 1. The van der Waals surface area contributed by atoms with Crippen LogP contribution in [0.4, 0.5) is 13.2 Å². The van der Waals surface area contributed by atoms with E-state index in [-0.39, 0.29) is 5.56 Å². The Kier molecular flexibility index (Phi) is 6.07. The summed E-state index contributed by atoms with van der Waals surface area (Å²) in [6.07, 6.45) is 0.185. The summed E-state index contributed by atoms with van der Waals surface area (Å²) in [5.74, 6) is -1.47. The van der Waals surface area contributed by atoms with E-state index in [9.17, 15) is 18.0 Å². The number of hydrogen-bond donors (Lipinski definition) is 0. The molecule has 0 aliphatic rings. The Morgan fingerprint density at radius 1 is 1.27 bits per heavy atom. The zero-order valence-electron chi connectivity index (χ0n) is 14.9. The van der Waals surface area contributed by atoms with Crippen molar-refractivity contribution < 1.29 is 32.0 Å². The van der Waals surface area contributed by atoms with Crippen molar-refractivity contribution in [3.05, 3.63) is 54.6 Å². The van der Waals surface area contributed by atoms with Crippen molar-refractivity contribution in [1.29, 1.82) is 0 Å². The predicted octanol–water partition coefficient (Wildman–Crippen LogP) is 2.74. The fourth-order valence-corrected chi connectivity index (χ4v) is 2.68. The molecule has 0 radical (unpaired) electrons. The fraction of sp³-hybridized carbons (Fsp3) is 0.444. The molecule has 142 valence electrons. The number of alkyl halides is 3. The Labute approximate surface area is 150 Å². The lowest BCUT2D eigenvalue weighted by Gasteiger charge is -2.33. The van der Waals surface area contributed by atoms with Crippen LogP contribution in [0.2, 0.25) is 0 Å². The van der Waals surface area contributed by atoms with Crippen LogP contribution in [0.5, 0.6) is 0 Å². The number of aromatic nitrogens is 2. The van der Waals surface area contributed by atoms with Crippen LogP contribution in [0.3, 0.4) is 0 Å². The summed E-state index contributed by atoms with van der Waals surface area (Å²) in [6, 6.07) is 6.78. The van der Waals surface area contributed by atoms with Crippen molar-refractivity contribution in [2.75, 3.05) is 7.11 Å². The number of carbonyl (C=O) groups excluding carboxylic acids is 1. The molecule has 2 aromatic rings. The first kappa shape index (κ1) is 20.0. The first-order chi connectivity index (χ1) is 12.2. The van der Waals surface area contributed by atoms with Crippen LogP contribution >= 0.6 is 0 Å². The molecule has 8 heteroatoms. The second-order valence-corrected chi connectivity index (χ2v) is 6.07. The molecular weight excluding hydrogens is 349 g/mol. The van der Waals surface area contributed by atoms with Crippen molar-refractivity contribution in [3.63, 3.8) is 0 Å². The average Bonchev–Trinajstić information content (AvgIpc) is 2.99. The van der Waals surface area contributed by atoms with Crippen LogP contribution in [0.1, 0.15) is 18.9 Å². The van der Waals surface area contributed by atoms with Crippen molar-refractivity contribution >= 4 is 5.97 Å². The molecule has 1 aromatic heterocycles. The molecule has 2 atom stereocenters. The Morgan fingerprint density at radius 2 is 1.92 bits per heavy atom. The van der Waals surface area contributed by atoms with E-state index >= 15 is 0 Å². The second-order valence-electron chi connectivity index (χ2n) is 6.07. The standard InChI is InChI=1S/C18H22F3N2O3/c1-14(9-10-23-12-11-22(2)13-23)26-16(24)17(25-3,18(19,20)21)15-7-5-4-6-8-15/h4-8,11-14H,9-10H2,1-3H3/q+1/t14-,17-/m0/s1. The smallest absolute Gasteiger partial charge is 0.432 e. The van der Waals surface area contributed by atoms with Gasteiger partial charge < -0.3 is 9.47 Å². The lowest BCUT2D eigenvalue weighted by Crippen LogP contribution is -2.52. The van der Waals surface area contributed by atoms with Crippen molar-refractivity contribution in [2.24, 2.45) is 7.05 Å². The number of halogens is 3. The van der Waals surface area contributed by atoms with Gasteiger partial charge in [0.05, 0.1) is 13.6 Å². The summed E-state index contributed by atoms with van der Waals surface area (Å²) < 4.78 is 54.9. The molecule has 1 heterocycles. The van der Waals surface area contributed by atoms with Gasteiger partial charge in [0, 0.05) is 19.1 Å². The molecule has 0 amide bonds. The highest BCUT2D eigenvalue weighted by atomic mass is 19.4. The van der Waals surface area contributed by atoms with Gasteiger partial charge in [0.2, 0.25) is 6.33 Å². The number of rotatable bonds is 7. The molecule has 0 aliphatic heterocycles. The van der Waals surface area contributed by atoms with Crippen LogP contribution in [0.15, 0.2) is 49.1 Å². The summed E-state index contributed by atoms with van der Waals surface area (Å²) in [5.41, 5.74) is -3.47. The van der Waals surface area contributed by atoms with Gasteiger partial charge in [0.15, 0.2) is 0 Å². The van der Waals surface area contributed by atoms with E-state index in [1.807, 2.05) is 34.9 Å². The number of esters is 1. The van der Waals surface area contributed by atoms with E-state index in [2.05, 4.69) is 0 Å². The number of imidazole rings is 1. The highest BCUT2D eigenvalue weighted by Gasteiger charge is 2.64. The number of hydrogen-bond acceptors (Lipinski definition) is 3. The first-order valence-electron chi connectivity index (χ1n) is 8.10. The van der Waals surface area contributed by atoms with Gasteiger partial charge >= 0.3 is 12.1 Å². The topological polar surface area (TPSA) is 44.3 Å². The first-order valence-corrected chi connectivity index (χ1v) is 8.10. The molecular formula is C18H22F3N2O3+. The quantitative estimate of drug-likeness (QED) is 0.555. The van der Waals surface area contributed by atoms with E-state index in [1.54, 1.807) is 13.0 Å². The van der Waals surface area contributed by atoms with Crippen molar-refractivity contribution in [2.45, 2.75) is 37.8 Å². The van der Waals surface area contributed by atoms with Gasteiger partial charge in [0.1, 0.15) is 18.5 Å². The summed E-state index contributed by atoms with van der Waals surface area (Å²) in [7, 11) is 2.71. The van der Waals surface area contributed by atoms with E-state index in [0.717, 1.165) is 7.11 Å². The number of carbonyl (C=O) groups is 1.